The Morgan fingerprint density at radius 3 is 2.61 bits per heavy atom. The zero-order chi connectivity index (χ0) is 25.3. The molecule has 1 amide bonds. The molecule has 0 unspecified atom stereocenters. The maximum Gasteiger partial charge on any atom is 0.337 e. The number of benzene rings is 2. The molecule has 1 heterocycles. The molecular weight excluding hydrogens is 567 g/mol. The molecule has 192 valence electrons. The Balaban J connectivity index is 1.28. The number of likely N-dealkylation sites (tertiary alicyclic amines) is 1. The first kappa shape index (κ1) is 25.5. The summed E-state index contributed by atoms with van der Waals surface area (Å²) in [7, 11) is 3.10. The van der Waals surface area contributed by atoms with Crippen molar-refractivity contribution in [2.75, 3.05) is 33.9 Å². The van der Waals surface area contributed by atoms with Gasteiger partial charge < -0.3 is 14.8 Å². The molecule has 1 N–H and O–H groups in total. The molecule has 2 aromatic carbocycles. The molecule has 0 spiro atoms. The summed E-state index contributed by atoms with van der Waals surface area (Å²) in [6.07, 6.45) is 6.17. The minimum Gasteiger partial charge on any atom is -0.497 e. The van der Waals surface area contributed by atoms with Crippen LogP contribution in [0, 0.1) is 5.92 Å². The maximum atomic E-state index is 12.8. The summed E-state index contributed by atoms with van der Waals surface area (Å²) < 4.78 is 10.8. The summed E-state index contributed by atoms with van der Waals surface area (Å²) in [5, 5.41) is 3.18. The van der Waals surface area contributed by atoms with Gasteiger partial charge in [0.1, 0.15) is 5.75 Å². The molecule has 3 aliphatic rings. The van der Waals surface area contributed by atoms with Gasteiger partial charge in [-0.15, -0.1) is 0 Å². The number of fused-ring (bicyclic) bond motifs is 4. The summed E-state index contributed by atoms with van der Waals surface area (Å²) in [5.74, 6) is 1.44. The average Bonchev–Trinajstić information content (AvgIpc) is 3.71. The second kappa shape index (κ2) is 10.7. The smallest absolute Gasteiger partial charge is 0.337 e. The number of hydrogen-bond donors (Lipinski definition) is 1. The number of methoxy groups -OCH3 is 2. The minimum absolute atomic E-state index is 0.00613. The van der Waals surface area contributed by atoms with Gasteiger partial charge in [0.25, 0.3) is 0 Å². The number of rotatable bonds is 9. The third kappa shape index (κ3) is 5.14. The van der Waals surface area contributed by atoms with E-state index in [0.717, 1.165) is 43.0 Å². The Bertz CT molecular complexity index is 1120. The van der Waals surface area contributed by atoms with Gasteiger partial charge in [0.2, 0.25) is 5.91 Å². The molecule has 3 atom stereocenters. The van der Waals surface area contributed by atoms with Crippen LogP contribution in [0.25, 0.3) is 0 Å². The highest BCUT2D eigenvalue weighted by Gasteiger charge is 2.52. The molecule has 36 heavy (non-hydrogen) atoms. The van der Waals surface area contributed by atoms with Gasteiger partial charge >= 0.3 is 5.97 Å². The van der Waals surface area contributed by atoms with Crippen molar-refractivity contribution in [1.82, 2.24) is 10.2 Å². The second-order valence-corrected chi connectivity index (χ2v) is 11.8. The van der Waals surface area contributed by atoms with E-state index in [1.165, 1.54) is 37.6 Å². The Hall–Kier alpha value is -2.13. The lowest BCUT2D eigenvalue weighted by molar-refractivity contribution is -0.120. The van der Waals surface area contributed by atoms with E-state index in [4.69, 9.17) is 9.47 Å². The molecular formula is C29H35IN2O4. The Labute approximate surface area is 227 Å². The van der Waals surface area contributed by atoms with Crippen LogP contribution in [0.2, 0.25) is 0 Å². The number of hydrogen-bond acceptors (Lipinski definition) is 5. The van der Waals surface area contributed by atoms with Crippen LogP contribution in [0.4, 0.5) is 0 Å². The van der Waals surface area contributed by atoms with Crippen molar-refractivity contribution in [3.05, 3.63) is 64.7 Å². The summed E-state index contributed by atoms with van der Waals surface area (Å²) in [6.45, 7) is 3.00. The molecule has 2 aromatic rings. The summed E-state index contributed by atoms with van der Waals surface area (Å²) in [6, 6.07) is 14.2. The SMILES string of the molecule is COC(=O)c1ccc(CC(=O)NCC[C@@]23CCN(CC4CC4)[C@H](Cc4ccc(OC)cc42)[C@@H]3I)cc1. The number of amides is 1. The second-order valence-electron chi connectivity index (χ2n) is 10.5. The lowest BCUT2D eigenvalue weighted by Gasteiger charge is -2.55. The summed E-state index contributed by atoms with van der Waals surface area (Å²) in [4.78, 5) is 27.2. The van der Waals surface area contributed by atoms with Gasteiger partial charge in [-0.3, -0.25) is 9.69 Å². The van der Waals surface area contributed by atoms with E-state index in [1.807, 2.05) is 12.1 Å². The number of carbonyl (C=O) groups is 2. The average molecular weight is 603 g/mol. The summed E-state index contributed by atoms with van der Waals surface area (Å²) in [5.41, 5.74) is 4.25. The first-order valence-corrected chi connectivity index (χ1v) is 14.2. The minimum atomic E-state index is -0.371. The Kier molecular flexibility index (Phi) is 7.58. The highest BCUT2D eigenvalue weighted by atomic mass is 127. The molecule has 6 nitrogen and oxygen atoms in total. The van der Waals surface area contributed by atoms with Gasteiger partial charge in [0.15, 0.2) is 0 Å². The van der Waals surface area contributed by atoms with Gasteiger partial charge in [-0.05, 0) is 85.5 Å². The normalized spacial score (nSPS) is 25.1. The molecule has 2 bridgehead atoms. The van der Waals surface area contributed by atoms with Crippen molar-refractivity contribution in [3.63, 3.8) is 0 Å². The molecule has 7 heteroatoms. The molecule has 5 rings (SSSR count). The van der Waals surface area contributed by atoms with E-state index in [9.17, 15) is 9.59 Å². The third-order valence-electron chi connectivity index (χ3n) is 8.28. The fraction of sp³-hybridized carbons (Fsp3) is 0.517. The topological polar surface area (TPSA) is 67.9 Å². The first-order chi connectivity index (χ1) is 17.4. The van der Waals surface area contributed by atoms with Crippen LogP contribution >= 0.6 is 22.6 Å². The third-order valence-corrected chi connectivity index (χ3v) is 10.3. The van der Waals surface area contributed by atoms with Gasteiger partial charge in [-0.25, -0.2) is 4.79 Å². The van der Waals surface area contributed by atoms with E-state index in [0.29, 0.717) is 28.5 Å². The monoisotopic (exact) mass is 602 g/mol. The zero-order valence-electron chi connectivity index (χ0n) is 21.1. The van der Waals surface area contributed by atoms with Crippen molar-refractivity contribution < 1.29 is 19.1 Å². The Morgan fingerprint density at radius 1 is 1.14 bits per heavy atom. The summed E-state index contributed by atoms with van der Waals surface area (Å²) >= 11 is 2.71. The highest BCUT2D eigenvalue weighted by molar-refractivity contribution is 14.1. The van der Waals surface area contributed by atoms with E-state index in [1.54, 1.807) is 19.2 Å². The number of ether oxygens (including phenoxy) is 2. The van der Waals surface area contributed by atoms with Crippen LogP contribution in [-0.4, -0.2) is 60.6 Å². The number of piperidine rings is 1. The first-order valence-electron chi connectivity index (χ1n) is 12.9. The van der Waals surface area contributed by atoms with Gasteiger partial charge in [0.05, 0.1) is 26.2 Å². The largest absolute Gasteiger partial charge is 0.497 e. The van der Waals surface area contributed by atoms with Gasteiger partial charge in [-0.2, -0.15) is 0 Å². The van der Waals surface area contributed by atoms with Crippen molar-refractivity contribution in [2.45, 2.75) is 53.9 Å². The maximum absolute atomic E-state index is 12.8. The molecule has 0 aromatic heterocycles. The van der Waals surface area contributed by atoms with Crippen LogP contribution in [0.15, 0.2) is 42.5 Å². The van der Waals surface area contributed by atoms with E-state index >= 15 is 0 Å². The predicted octanol–water partition coefficient (Wildman–Crippen LogP) is 4.31. The van der Waals surface area contributed by atoms with Crippen LogP contribution < -0.4 is 10.1 Å². The standard InChI is InChI=1S/C29H35IN2O4/c1-35-23-10-9-22-16-25-27(30)29(24(22)17-23,12-14-32(25)18-20-3-4-20)11-13-31-26(33)15-19-5-7-21(8-6-19)28(34)36-2/h5-10,17,20,25,27H,3-4,11-16,18H2,1-2H3,(H,31,33)/t25-,27+,29-/m1/s1. The van der Waals surface area contributed by atoms with Crippen LogP contribution in [0.3, 0.4) is 0 Å². The number of nitrogens with one attached hydrogen (secondary N) is 1. The molecule has 1 saturated heterocycles. The molecule has 1 saturated carbocycles. The van der Waals surface area contributed by atoms with Gasteiger partial charge in [0, 0.05) is 28.5 Å². The van der Waals surface area contributed by atoms with Crippen molar-refractivity contribution in [1.29, 1.82) is 0 Å². The van der Waals surface area contributed by atoms with Crippen LogP contribution in [0.5, 0.6) is 5.75 Å². The molecule has 2 fully saturated rings. The van der Waals surface area contributed by atoms with Crippen molar-refractivity contribution in [2.24, 2.45) is 5.92 Å². The van der Waals surface area contributed by atoms with Crippen LogP contribution in [-0.2, 0) is 27.8 Å². The van der Waals surface area contributed by atoms with Gasteiger partial charge in [-0.1, -0.05) is 40.8 Å². The highest BCUT2D eigenvalue weighted by Crippen LogP contribution is 2.52. The van der Waals surface area contributed by atoms with Crippen molar-refractivity contribution >= 4 is 34.5 Å². The molecule has 1 aliphatic heterocycles. The van der Waals surface area contributed by atoms with Crippen LogP contribution in [0.1, 0.15) is 52.7 Å². The fourth-order valence-corrected chi connectivity index (χ4v) is 7.74. The fourth-order valence-electron chi connectivity index (χ4n) is 6.07. The number of carbonyl (C=O) groups excluding carboxylic acids is 2. The lowest BCUT2D eigenvalue weighted by Crippen LogP contribution is -2.61. The quantitative estimate of drug-likeness (QED) is 0.263. The molecule has 0 radical (unpaired) electrons. The Morgan fingerprint density at radius 2 is 1.92 bits per heavy atom. The predicted molar refractivity (Wildman–Crippen MR) is 148 cm³/mol. The number of nitrogens with zero attached hydrogens (tertiary/aromatic N) is 1. The number of alkyl halides is 1. The van der Waals surface area contributed by atoms with E-state index < -0.39 is 0 Å². The number of esters is 1. The zero-order valence-corrected chi connectivity index (χ0v) is 23.3. The lowest BCUT2D eigenvalue weighted by atomic mass is 9.62. The van der Waals surface area contributed by atoms with E-state index in [2.05, 4.69) is 51.0 Å². The van der Waals surface area contributed by atoms with E-state index in [-0.39, 0.29) is 17.3 Å². The van der Waals surface area contributed by atoms with Crippen molar-refractivity contribution in [3.8, 4) is 5.75 Å². The molecule has 2 aliphatic carbocycles. The number of halogens is 1.